The fraction of sp³-hybridized carbons (Fsp3) is 0.286. The van der Waals surface area contributed by atoms with E-state index in [0.29, 0.717) is 19.3 Å². The van der Waals surface area contributed by atoms with Crippen LogP contribution in [0, 0.1) is 0 Å². The summed E-state index contributed by atoms with van der Waals surface area (Å²) in [5, 5.41) is 10.9. The molecule has 0 aliphatic carbocycles. The molecule has 0 spiro atoms. The molecule has 31 heavy (non-hydrogen) atoms. The maximum Gasteiger partial charge on any atom is 0.417 e. The minimum Gasteiger partial charge on any atom is -0.357 e. The van der Waals surface area contributed by atoms with Gasteiger partial charge in [-0.25, -0.2) is 9.37 Å². The van der Waals surface area contributed by atoms with Crippen molar-refractivity contribution in [2.24, 2.45) is 7.05 Å². The van der Waals surface area contributed by atoms with Crippen molar-refractivity contribution in [1.82, 2.24) is 30.2 Å². The molecule has 2 aromatic rings. The molecule has 0 atom stereocenters. The number of hydrogen-bond donors (Lipinski definition) is 1. The average molecular weight is 436 g/mol. The lowest BCUT2D eigenvalue weighted by Gasteiger charge is -2.20. The SMILES string of the molecule is C=Cc1c(C(=C)N/C(=C\F)CCN(C)C)cc(-c2cnn(C)n2)nc1C(=C)C(F)(F)F. The molecule has 6 nitrogen and oxygen atoms in total. The molecule has 2 rings (SSSR count). The second-order valence-corrected chi connectivity index (χ2v) is 7.01. The van der Waals surface area contributed by atoms with E-state index >= 15 is 0 Å². The van der Waals surface area contributed by atoms with Crippen molar-refractivity contribution >= 4 is 17.3 Å². The van der Waals surface area contributed by atoms with Crippen LogP contribution in [0.25, 0.3) is 28.7 Å². The molecule has 2 heterocycles. The third-order valence-corrected chi connectivity index (χ3v) is 4.35. The number of rotatable bonds is 9. The standard InChI is InChI=1S/C21H24F4N6/c1-7-16-17(14(3)27-15(11-22)8-9-30(4)5)10-18(19-12-26-31(6)29-19)28-20(16)13(2)21(23,24)25/h7,10-12,27H,1-3,8-9H2,4-6H3/b15-11-. The lowest BCUT2D eigenvalue weighted by atomic mass is 9.97. The number of nitrogens with one attached hydrogen (secondary N) is 1. The van der Waals surface area contributed by atoms with Crippen LogP contribution in [0.1, 0.15) is 23.2 Å². The third-order valence-electron chi connectivity index (χ3n) is 4.35. The molecule has 0 fully saturated rings. The topological polar surface area (TPSA) is 58.9 Å². The highest BCUT2D eigenvalue weighted by Crippen LogP contribution is 2.37. The average Bonchev–Trinajstić information content (AvgIpc) is 3.14. The second-order valence-electron chi connectivity index (χ2n) is 7.01. The van der Waals surface area contributed by atoms with E-state index in [0.717, 1.165) is 0 Å². The molecule has 1 N–H and O–H groups in total. The highest BCUT2D eigenvalue weighted by molar-refractivity contribution is 5.83. The van der Waals surface area contributed by atoms with Gasteiger partial charge in [-0.3, -0.25) is 0 Å². The maximum absolute atomic E-state index is 13.5. The Hall–Kier alpha value is -3.27. The Morgan fingerprint density at radius 2 is 1.94 bits per heavy atom. The first kappa shape index (κ1) is 24.0. The number of aromatic nitrogens is 4. The monoisotopic (exact) mass is 436 g/mol. The summed E-state index contributed by atoms with van der Waals surface area (Å²) in [6.07, 6.45) is -1.35. The van der Waals surface area contributed by atoms with Gasteiger partial charge in [-0.2, -0.15) is 28.2 Å². The molecule has 0 unspecified atom stereocenters. The van der Waals surface area contributed by atoms with Crippen LogP contribution < -0.4 is 5.32 Å². The van der Waals surface area contributed by atoms with Crippen LogP contribution in [0.5, 0.6) is 0 Å². The lowest BCUT2D eigenvalue weighted by molar-refractivity contribution is -0.0689. The smallest absolute Gasteiger partial charge is 0.357 e. The summed E-state index contributed by atoms with van der Waals surface area (Å²) >= 11 is 0. The Kier molecular flexibility index (Phi) is 7.50. The van der Waals surface area contributed by atoms with E-state index in [2.05, 4.69) is 40.2 Å². The number of halogens is 4. The molecule has 0 saturated heterocycles. The van der Waals surface area contributed by atoms with E-state index in [9.17, 15) is 17.6 Å². The second kappa shape index (κ2) is 9.69. The van der Waals surface area contributed by atoms with E-state index < -0.39 is 17.4 Å². The molecule has 0 amide bonds. The van der Waals surface area contributed by atoms with Gasteiger partial charge >= 0.3 is 6.18 Å². The molecule has 0 bridgehead atoms. The van der Waals surface area contributed by atoms with Crippen LogP contribution in [0.15, 0.2) is 44.0 Å². The Balaban J connectivity index is 2.60. The van der Waals surface area contributed by atoms with Gasteiger partial charge in [-0.15, -0.1) is 0 Å². The van der Waals surface area contributed by atoms with Gasteiger partial charge in [-0.05, 0) is 20.2 Å². The van der Waals surface area contributed by atoms with Crippen LogP contribution in [0.2, 0.25) is 0 Å². The van der Waals surface area contributed by atoms with Gasteiger partial charge in [0, 0.05) is 42.5 Å². The quantitative estimate of drug-likeness (QED) is 0.590. The molecule has 166 valence electrons. The van der Waals surface area contributed by atoms with Gasteiger partial charge in [0.25, 0.3) is 0 Å². The first-order chi connectivity index (χ1) is 14.5. The van der Waals surface area contributed by atoms with Gasteiger partial charge in [0.05, 0.1) is 23.2 Å². The van der Waals surface area contributed by atoms with Gasteiger partial charge < -0.3 is 10.2 Å². The Bertz CT molecular complexity index is 1020. The number of hydrogen-bond acceptors (Lipinski definition) is 5. The van der Waals surface area contributed by atoms with Crippen LogP contribution in [-0.4, -0.2) is 51.7 Å². The summed E-state index contributed by atoms with van der Waals surface area (Å²) in [7, 11) is 5.25. The van der Waals surface area contributed by atoms with Crippen molar-refractivity contribution in [3.63, 3.8) is 0 Å². The number of nitrogens with zero attached hydrogens (tertiary/aromatic N) is 5. The highest BCUT2D eigenvalue weighted by atomic mass is 19.4. The van der Waals surface area contributed by atoms with E-state index in [1.54, 1.807) is 7.05 Å². The number of aryl methyl sites for hydroxylation is 1. The highest BCUT2D eigenvalue weighted by Gasteiger charge is 2.36. The zero-order chi connectivity index (χ0) is 23.3. The molecule has 0 aromatic carbocycles. The van der Waals surface area contributed by atoms with Gasteiger partial charge in [-0.1, -0.05) is 25.8 Å². The fourth-order valence-corrected chi connectivity index (χ4v) is 2.72. The zero-order valence-corrected chi connectivity index (χ0v) is 17.6. The first-order valence-electron chi connectivity index (χ1n) is 9.18. The predicted molar refractivity (Wildman–Crippen MR) is 114 cm³/mol. The molecule has 0 aliphatic heterocycles. The molecule has 0 radical (unpaired) electrons. The summed E-state index contributed by atoms with van der Waals surface area (Å²) in [6, 6.07) is 1.51. The van der Waals surface area contributed by atoms with Crippen LogP contribution in [0.4, 0.5) is 17.6 Å². The van der Waals surface area contributed by atoms with Gasteiger partial charge in [0.1, 0.15) is 12.0 Å². The van der Waals surface area contributed by atoms with Crippen molar-refractivity contribution in [2.45, 2.75) is 12.6 Å². The summed E-state index contributed by atoms with van der Waals surface area (Å²) in [4.78, 5) is 7.25. The molecular formula is C21H24F4N6. The minimum absolute atomic E-state index is 0.0679. The predicted octanol–water partition coefficient (Wildman–Crippen LogP) is 4.42. The molecular weight excluding hydrogens is 412 g/mol. The Morgan fingerprint density at radius 3 is 2.42 bits per heavy atom. The molecule has 0 saturated carbocycles. The summed E-state index contributed by atoms with van der Waals surface area (Å²) < 4.78 is 53.7. The van der Waals surface area contributed by atoms with E-state index in [1.165, 1.54) is 23.1 Å². The van der Waals surface area contributed by atoms with Gasteiger partial charge in [0.15, 0.2) is 0 Å². The van der Waals surface area contributed by atoms with Crippen molar-refractivity contribution < 1.29 is 17.6 Å². The van der Waals surface area contributed by atoms with Crippen molar-refractivity contribution in [2.75, 3.05) is 20.6 Å². The number of alkyl halides is 3. The number of allylic oxidation sites excluding steroid dienone is 1. The maximum atomic E-state index is 13.5. The Labute approximate surface area is 178 Å². The van der Waals surface area contributed by atoms with E-state index in [4.69, 9.17) is 0 Å². The van der Waals surface area contributed by atoms with E-state index in [-0.39, 0.29) is 33.9 Å². The Morgan fingerprint density at radius 1 is 1.26 bits per heavy atom. The van der Waals surface area contributed by atoms with Crippen molar-refractivity contribution in [3.05, 3.63) is 60.8 Å². The largest absolute Gasteiger partial charge is 0.417 e. The minimum atomic E-state index is -4.71. The van der Waals surface area contributed by atoms with Crippen molar-refractivity contribution in [1.29, 1.82) is 0 Å². The van der Waals surface area contributed by atoms with Crippen LogP contribution in [-0.2, 0) is 7.05 Å². The first-order valence-corrected chi connectivity index (χ1v) is 9.18. The molecule has 2 aromatic heterocycles. The number of pyridine rings is 1. The van der Waals surface area contributed by atoms with Crippen LogP contribution in [0.3, 0.4) is 0 Å². The zero-order valence-electron chi connectivity index (χ0n) is 17.6. The summed E-state index contributed by atoms with van der Waals surface area (Å²) in [5.74, 6) is 0. The van der Waals surface area contributed by atoms with E-state index in [1.807, 2.05) is 19.0 Å². The summed E-state index contributed by atoms with van der Waals surface area (Å²) in [6.45, 7) is 11.2. The third kappa shape index (κ3) is 5.88. The summed E-state index contributed by atoms with van der Waals surface area (Å²) in [5.41, 5.74) is -0.426. The van der Waals surface area contributed by atoms with Crippen LogP contribution >= 0.6 is 0 Å². The lowest BCUT2D eigenvalue weighted by Crippen LogP contribution is -2.19. The van der Waals surface area contributed by atoms with Crippen molar-refractivity contribution in [3.8, 4) is 11.4 Å². The molecule has 10 heteroatoms. The molecule has 0 aliphatic rings. The fourth-order valence-electron chi connectivity index (χ4n) is 2.72. The normalized spacial score (nSPS) is 12.2. The van der Waals surface area contributed by atoms with Gasteiger partial charge in [0.2, 0.25) is 0 Å².